The first kappa shape index (κ1) is 23.8. The SMILES string of the molecule is CNC(=O)Nc1ccc2c(c1)CC[C@@]21OC(=O)N(CC(=O)N2C(C)CC[C@H]2c2ccc(F)cc2)C1=O. The third-order valence-electron chi connectivity index (χ3n) is 7.35. The molecule has 2 aliphatic heterocycles. The number of rotatable bonds is 4. The molecule has 2 N–H and O–H groups in total. The summed E-state index contributed by atoms with van der Waals surface area (Å²) < 4.78 is 19.1. The molecule has 2 saturated heterocycles. The van der Waals surface area contributed by atoms with E-state index in [9.17, 15) is 23.6 Å². The topological polar surface area (TPSA) is 108 Å². The first-order valence-corrected chi connectivity index (χ1v) is 12.0. The van der Waals surface area contributed by atoms with Gasteiger partial charge in [-0.05, 0) is 61.6 Å². The van der Waals surface area contributed by atoms with Gasteiger partial charge in [-0.25, -0.2) is 18.9 Å². The van der Waals surface area contributed by atoms with E-state index in [4.69, 9.17) is 4.74 Å². The molecular weight excluding hydrogens is 467 g/mol. The maximum Gasteiger partial charge on any atom is 0.418 e. The van der Waals surface area contributed by atoms with Crippen LogP contribution in [0.2, 0.25) is 0 Å². The second-order valence-corrected chi connectivity index (χ2v) is 9.46. The van der Waals surface area contributed by atoms with Gasteiger partial charge in [-0.1, -0.05) is 18.2 Å². The van der Waals surface area contributed by atoms with Crippen LogP contribution in [0.3, 0.4) is 0 Å². The van der Waals surface area contributed by atoms with Crippen LogP contribution in [0.15, 0.2) is 42.5 Å². The van der Waals surface area contributed by atoms with Crippen LogP contribution in [0.1, 0.15) is 48.9 Å². The number of hydrogen-bond donors (Lipinski definition) is 2. The molecule has 188 valence electrons. The second-order valence-electron chi connectivity index (χ2n) is 9.46. The van der Waals surface area contributed by atoms with E-state index in [0.29, 0.717) is 24.1 Å². The molecule has 3 aliphatic rings. The van der Waals surface area contributed by atoms with Gasteiger partial charge in [0.15, 0.2) is 0 Å². The van der Waals surface area contributed by atoms with Gasteiger partial charge < -0.3 is 20.3 Å². The predicted molar refractivity (Wildman–Crippen MR) is 127 cm³/mol. The van der Waals surface area contributed by atoms with Gasteiger partial charge in [-0.15, -0.1) is 0 Å². The van der Waals surface area contributed by atoms with Crippen molar-refractivity contribution in [3.8, 4) is 0 Å². The van der Waals surface area contributed by atoms with Gasteiger partial charge in [-0.2, -0.15) is 0 Å². The molecule has 5 amide bonds. The van der Waals surface area contributed by atoms with Crippen LogP contribution in [0.5, 0.6) is 0 Å². The molecular formula is C26H27FN4O5. The normalized spacial score (nSPS) is 24.8. The van der Waals surface area contributed by atoms with E-state index in [1.807, 2.05) is 6.92 Å². The molecule has 1 unspecified atom stereocenters. The molecule has 9 nitrogen and oxygen atoms in total. The van der Waals surface area contributed by atoms with E-state index in [1.54, 1.807) is 35.2 Å². The highest BCUT2D eigenvalue weighted by molar-refractivity contribution is 6.06. The number of aryl methyl sites for hydroxylation is 1. The summed E-state index contributed by atoms with van der Waals surface area (Å²) in [6.07, 6.45) is 1.37. The van der Waals surface area contributed by atoms with Gasteiger partial charge in [0.1, 0.15) is 12.4 Å². The van der Waals surface area contributed by atoms with E-state index in [2.05, 4.69) is 10.6 Å². The van der Waals surface area contributed by atoms with Crippen LogP contribution in [0.4, 0.5) is 19.7 Å². The molecule has 0 radical (unpaired) electrons. The fraction of sp³-hybridized carbons (Fsp3) is 0.385. The lowest BCUT2D eigenvalue weighted by molar-refractivity contribution is -0.143. The fourth-order valence-electron chi connectivity index (χ4n) is 5.56. The monoisotopic (exact) mass is 494 g/mol. The summed E-state index contributed by atoms with van der Waals surface area (Å²) >= 11 is 0. The van der Waals surface area contributed by atoms with Crippen molar-refractivity contribution in [2.45, 2.75) is 50.3 Å². The van der Waals surface area contributed by atoms with Crippen LogP contribution in [-0.2, 0) is 26.3 Å². The third kappa shape index (κ3) is 3.86. The molecule has 5 rings (SSSR count). The number of carbonyl (C=O) groups is 4. The molecule has 1 aliphatic carbocycles. The van der Waals surface area contributed by atoms with Crippen LogP contribution in [0, 0.1) is 5.82 Å². The quantitative estimate of drug-likeness (QED) is 0.677. The Morgan fingerprint density at radius 1 is 1.14 bits per heavy atom. The molecule has 36 heavy (non-hydrogen) atoms. The van der Waals surface area contributed by atoms with E-state index in [1.165, 1.54) is 19.2 Å². The van der Waals surface area contributed by atoms with E-state index in [0.717, 1.165) is 22.4 Å². The van der Waals surface area contributed by atoms with Gasteiger partial charge >= 0.3 is 12.1 Å². The van der Waals surface area contributed by atoms with Gasteiger partial charge in [0.25, 0.3) is 5.91 Å². The van der Waals surface area contributed by atoms with Gasteiger partial charge in [0.2, 0.25) is 11.5 Å². The Hall–Kier alpha value is -3.95. The molecule has 0 saturated carbocycles. The Morgan fingerprint density at radius 3 is 2.61 bits per heavy atom. The first-order chi connectivity index (χ1) is 17.2. The van der Waals surface area contributed by atoms with Crippen molar-refractivity contribution >= 4 is 29.6 Å². The van der Waals surface area contributed by atoms with Crippen LogP contribution < -0.4 is 10.6 Å². The van der Waals surface area contributed by atoms with Gasteiger partial charge in [0, 0.05) is 30.8 Å². The number of halogens is 1. The number of urea groups is 1. The number of amides is 5. The second kappa shape index (κ2) is 8.92. The zero-order valence-electron chi connectivity index (χ0n) is 20.0. The minimum atomic E-state index is -1.47. The highest BCUT2D eigenvalue weighted by atomic mass is 19.1. The lowest BCUT2D eigenvalue weighted by atomic mass is 9.94. The molecule has 2 aromatic carbocycles. The Balaban J connectivity index is 1.35. The highest BCUT2D eigenvalue weighted by Gasteiger charge is 2.58. The van der Waals surface area contributed by atoms with Crippen molar-refractivity contribution in [2.75, 3.05) is 18.9 Å². The van der Waals surface area contributed by atoms with Gasteiger partial charge in [0.05, 0.1) is 6.04 Å². The Kier molecular flexibility index (Phi) is 5.89. The summed E-state index contributed by atoms with van der Waals surface area (Å²) in [4.78, 5) is 53.9. The number of hydrogen-bond acceptors (Lipinski definition) is 5. The zero-order valence-corrected chi connectivity index (χ0v) is 20.0. The molecule has 2 fully saturated rings. The summed E-state index contributed by atoms with van der Waals surface area (Å²) in [5.74, 6) is -1.27. The molecule has 2 heterocycles. The van der Waals surface area contributed by atoms with Crippen LogP contribution >= 0.6 is 0 Å². The minimum absolute atomic E-state index is 0.0892. The summed E-state index contributed by atoms with van der Waals surface area (Å²) in [6, 6.07) is 10.4. The summed E-state index contributed by atoms with van der Waals surface area (Å²) in [6.45, 7) is 1.50. The Morgan fingerprint density at radius 2 is 1.89 bits per heavy atom. The number of imide groups is 1. The van der Waals surface area contributed by atoms with Crippen molar-refractivity contribution in [1.29, 1.82) is 0 Å². The number of carbonyl (C=O) groups excluding carboxylic acids is 4. The smallest absolute Gasteiger partial charge is 0.418 e. The standard InChI is InChI=1S/C26H27FN4O5/c1-15-3-10-21(16-4-6-18(27)7-5-16)31(15)22(32)14-30-23(33)26(36-25(30)35)12-11-17-13-19(8-9-20(17)26)29-24(34)28-2/h4-9,13,15,21H,3,10-12,14H2,1-2H3,(H2,28,29,34)/t15?,21-,26+/m0/s1. The zero-order chi connectivity index (χ0) is 25.6. The lowest BCUT2D eigenvalue weighted by Crippen LogP contribution is -2.46. The largest absolute Gasteiger partial charge is 0.427 e. The van der Waals surface area contributed by atoms with Crippen molar-refractivity contribution in [3.05, 3.63) is 65.0 Å². The summed E-state index contributed by atoms with van der Waals surface area (Å²) in [7, 11) is 1.51. The van der Waals surface area contributed by atoms with Crippen LogP contribution in [0.25, 0.3) is 0 Å². The maximum absolute atomic E-state index is 13.5. The lowest BCUT2D eigenvalue weighted by Gasteiger charge is -2.30. The minimum Gasteiger partial charge on any atom is -0.427 e. The Labute approximate surface area is 207 Å². The first-order valence-electron chi connectivity index (χ1n) is 12.0. The van der Waals surface area contributed by atoms with Crippen molar-refractivity contribution in [3.63, 3.8) is 0 Å². The van der Waals surface area contributed by atoms with Crippen molar-refractivity contribution in [2.24, 2.45) is 0 Å². The number of nitrogens with one attached hydrogen (secondary N) is 2. The predicted octanol–water partition coefficient (Wildman–Crippen LogP) is 3.45. The molecule has 10 heteroatoms. The van der Waals surface area contributed by atoms with E-state index < -0.39 is 24.1 Å². The van der Waals surface area contributed by atoms with Gasteiger partial charge in [-0.3, -0.25) is 9.59 Å². The number of benzene rings is 2. The van der Waals surface area contributed by atoms with E-state index in [-0.39, 0.29) is 36.3 Å². The summed E-state index contributed by atoms with van der Waals surface area (Å²) in [5, 5.41) is 5.16. The third-order valence-corrected chi connectivity index (χ3v) is 7.35. The average Bonchev–Trinajstić information content (AvgIpc) is 3.49. The molecule has 3 atom stereocenters. The molecule has 0 aromatic heterocycles. The summed E-state index contributed by atoms with van der Waals surface area (Å²) in [5.41, 5.74) is 1.26. The van der Waals surface area contributed by atoms with Crippen molar-refractivity contribution in [1.82, 2.24) is 15.1 Å². The number of ether oxygens (including phenoxy) is 1. The van der Waals surface area contributed by atoms with Crippen LogP contribution in [-0.4, -0.2) is 53.4 Å². The maximum atomic E-state index is 13.5. The van der Waals surface area contributed by atoms with E-state index >= 15 is 0 Å². The Bertz CT molecular complexity index is 1250. The average molecular weight is 495 g/mol. The molecule has 1 spiro atoms. The number of nitrogens with zero attached hydrogens (tertiary/aromatic N) is 2. The fourth-order valence-corrected chi connectivity index (χ4v) is 5.56. The van der Waals surface area contributed by atoms with Crippen molar-refractivity contribution < 1.29 is 28.3 Å². The molecule has 0 bridgehead atoms. The highest BCUT2D eigenvalue weighted by Crippen LogP contribution is 2.46. The number of anilines is 1. The number of likely N-dealkylation sites (tertiary alicyclic amines) is 1. The molecule has 2 aromatic rings. The number of fused-ring (bicyclic) bond motifs is 2.